The van der Waals surface area contributed by atoms with E-state index >= 15 is 0 Å². The van der Waals surface area contributed by atoms with Gasteiger partial charge in [0.05, 0.1) is 11.1 Å². The van der Waals surface area contributed by atoms with Gasteiger partial charge in [-0.15, -0.1) is 0 Å². The van der Waals surface area contributed by atoms with Crippen LogP contribution in [0.25, 0.3) is 5.65 Å². The minimum absolute atomic E-state index is 0.173. The lowest BCUT2D eigenvalue weighted by Crippen LogP contribution is -2.17. The van der Waals surface area contributed by atoms with Crippen molar-refractivity contribution in [3.8, 4) is 5.75 Å². The average Bonchev–Trinajstić information content (AvgIpc) is 2.99. The lowest BCUT2D eigenvalue weighted by Gasteiger charge is -1.98. The van der Waals surface area contributed by atoms with Gasteiger partial charge in [-0.3, -0.25) is 14.9 Å². The van der Waals surface area contributed by atoms with E-state index in [0.717, 1.165) is 10.5 Å². The molecule has 9 nitrogen and oxygen atoms in total. The number of carbonyl (C=O) groups is 1. The zero-order valence-corrected chi connectivity index (χ0v) is 14.0. The number of carbonyl (C=O) groups excluding carboxylic acids is 1. The van der Waals surface area contributed by atoms with E-state index in [-0.39, 0.29) is 5.69 Å². The van der Waals surface area contributed by atoms with Crippen LogP contribution in [-0.4, -0.2) is 31.5 Å². The first kappa shape index (κ1) is 16.6. The van der Waals surface area contributed by atoms with E-state index in [1.54, 1.807) is 28.9 Å². The quantitative estimate of drug-likeness (QED) is 0.393. The molecule has 0 aliphatic carbocycles. The van der Waals surface area contributed by atoms with Gasteiger partial charge in [0, 0.05) is 28.5 Å². The number of aromatic hydroxyl groups is 1. The number of rotatable bonds is 4. The van der Waals surface area contributed by atoms with E-state index in [0.29, 0.717) is 11.2 Å². The van der Waals surface area contributed by atoms with Gasteiger partial charge in [-0.25, -0.2) is 10.4 Å². The van der Waals surface area contributed by atoms with Crippen molar-refractivity contribution < 1.29 is 14.8 Å². The van der Waals surface area contributed by atoms with E-state index in [4.69, 9.17) is 0 Å². The number of nitrogens with zero attached hydrogens (tertiary/aromatic N) is 4. The minimum atomic E-state index is -0.708. The predicted molar refractivity (Wildman–Crippen MR) is 92.7 cm³/mol. The molecule has 25 heavy (non-hydrogen) atoms. The third-order valence-electron chi connectivity index (χ3n) is 3.22. The summed E-state index contributed by atoms with van der Waals surface area (Å²) in [7, 11) is 0. The molecule has 126 valence electrons. The van der Waals surface area contributed by atoms with Crippen LogP contribution >= 0.6 is 15.9 Å². The number of halogens is 1. The average molecular weight is 404 g/mol. The first-order valence-corrected chi connectivity index (χ1v) is 7.68. The second kappa shape index (κ2) is 6.69. The molecule has 0 saturated carbocycles. The molecule has 0 unspecified atom stereocenters. The lowest BCUT2D eigenvalue weighted by molar-refractivity contribution is -0.385. The second-order valence-electron chi connectivity index (χ2n) is 4.94. The van der Waals surface area contributed by atoms with E-state index in [1.165, 1.54) is 18.3 Å². The monoisotopic (exact) mass is 403 g/mol. The van der Waals surface area contributed by atoms with Crippen molar-refractivity contribution in [2.45, 2.75) is 0 Å². The van der Waals surface area contributed by atoms with E-state index in [1.807, 2.05) is 0 Å². The third-order valence-corrected chi connectivity index (χ3v) is 3.69. The Hall–Kier alpha value is -3.27. The molecule has 3 aromatic rings. The van der Waals surface area contributed by atoms with Gasteiger partial charge in [-0.1, -0.05) is 0 Å². The van der Waals surface area contributed by atoms with Crippen molar-refractivity contribution >= 4 is 39.4 Å². The molecule has 3 rings (SSSR count). The van der Waals surface area contributed by atoms with Gasteiger partial charge in [-0.2, -0.15) is 5.10 Å². The number of nitro benzene ring substituents is 1. The smallest absolute Gasteiger partial charge is 0.311 e. The van der Waals surface area contributed by atoms with Crippen LogP contribution in [0.4, 0.5) is 5.69 Å². The molecule has 2 heterocycles. The van der Waals surface area contributed by atoms with E-state index in [2.05, 4.69) is 31.4 Å². The Morgan fingerprint density at radius 2 is 2.16 bits per heavy atom. The van der Waals surface area contributed by atoms with Gasteiger partial charge >= 0.3 is 5.69 Å². The van der Waals surface area contributed by atoms with Gasteiger partial charge in [-0.05, 0) is 40.2 Å². The van der Waals surface area contributed by atoms with Crippen LogP contribution in [0, 0.1) is 10.1 Å². The number of pyridine rings is 1. The Balaban J connectivity index is 1.73. The van der Waals surface area contributed by atoms with E-state index in [9.17, 15) is 20.0 Å². The normalized spacial score (nSPS) is 11.1. The van der Waals surface area contributed by atoms with Gasteiger partial charge in [0.1, 0.15) is 11.3 Å². The van der Waals surface area contributed by atoms with E-state index < -0.39 is 22.3 Å². The van der Waals surface area contributed by atoms with Gasteiger partial charge in [0.15, 0.2) is 5.75 Å². The lowest BCUT2D eigenvalue weighted by atomic mass is 10.2. The van der Waals surface area contributed by atoms with Crippen LogP contribution < -0.4 is 5.43 Å². The molecule has 2 aromatic heterocycles. The number of hydrogen-bond acceptors (Lipinski definition) is 6. The predicted octanol–water partition coefficient (Wildman–Crippen LogP) is 2.47. The Bertz CT molecular complexity index is 1010. The molecule has 10 heteroatoms. The Morgan fingerprint density at radius 1 is 1.36 bits per heavy atom. The zero-order chi connectivity index (χ0) is 18.0. The number of benzene rings is 1. The number of nitrogens with one attached hydrogen (secondary N) is 1. The van der Waals surface area contributed by atoms with Gasteiger partial charge in [0.25, 0.3) is 5.91 Å². The van der Waals surface area contributed by atoms with Gasteiger partial charge in [0.2, 0.25) is 0 Å². The van der Waals surface area contributed by atoms with Crippen LogP contribution in [0.1, 0.15) is 16.1 Å². The first-order valence-electron chi connectivity index (χ1n) is 6.89. The maximum atomic E-state index is 12.1. The molecule has 0 bridgehead atoms. The highest BCUT2D eigenvalue weighted by molar-refractivity contribution is 9.10. The molecule has 0 atom stereocenters. The number of fused-ring (bicyclic) bond motifs is 1. The molecular weight excluding hydrogens is 394 g/mol. The highest BCUT2D eigenvalue weighted by atomic mass is 79.9. The summed E-state index contributed by atoms with van der Waals surface area (Å²) in [4.78, 5) is 26.3. The third kappa shape index (κ3) is 3.63. The highest BCUT2D eigenvalue weighted by Gasteiger charge is 2.13. The van der Waals surface area contributed by atoms with Crippen LogP contribution in [0.5, 0.6) is 5.75 Å². The summed E-state index contributed by atoms with van der Waals surface area (Å²) in [5.41, 5.74) is 2.98. The highest BCUT2D eigenvalue weighted by Crippen LogP contribution is 2.25. The largest absolute Gasteiger partial charge is 0.502 e. The van der Waals surface area contributed by atoms with Gasteiger partial charge < -0.3 is 9.51 Å². The van der Waals surface area contributed by atoms with Crippen molar-refractivity contribution in [2.24, 2.45) is 5.10 Å². The summed E-state index contributed by atoms with van der Waals surface area (Å²) in [6.45, 7) is 0. The van der Waals surface area contributed by atoms with Crippen molar-refractivity contribution in [2.75, 3.05) is 0 Å². The zero-order valence-electron chi connectivity index (χ0n) is 12.5. The Kier molecular flexibility index (Phi) is 4.44. The summed E-state index contributed by atoms with van der Waals surface area (Å²) >= 11 is 3.33. The summed E-state index contributed by atoms with van der Waals surface area (Å²) in [6, 6.07) is 7.31. The fourth-order valence-electron chi connectivity index (χ4n) is 2.06. The maximum absolute atomic E-state index is 12.1. The molecule has 1 amide bonds. The molecule has 2 N–H and O–H groups in total. The van der Waals surface area contributed by atoms with Crippen molar-refractivity contribution in [1.29, 1.82) is 0 Å². The number of phenols is 1. The number of aromatic nitrogens is 2. The molecular formula is C15H10BrN5O4. The van der Waals surface area contributed by atoms with Crippen LogP contribution in [0.2, 0.25) is 0 Å². The van der Waals surface area contributed by atoms with Crippen molar-refractivity contribution in [3.05, 3.63) is 68.6 Å². The molecule has 0 aliphatic heterocycles. The SMILES string of the molecule is O=C(N/N=C/c1ccc(O)c([N+](=O)[O-])c1)c1cn2cc(Br)ccc2n1. The molecule has 0 saturated heterocycles. The summed E-state index contributed by atoms with van der Waals surface area (Å²) < 4.78 is 2.53. The van der Waals surface area contributed by atoms with Crippen molar-refractivity contribution in [3.63, 3.8) is 0 Å². The number of nitro groups is 1. The number of amides is 1. The fraction of sp³-hybridized carbons (Fsp3) is 0. The number of imidazole rings is 1. The minimum Gasteiger partial charge on any atom is -0.502 e. The second-order valence-corrected chi connectivity index (χ2v) is 5.86. The maximum Gasteiger partial charge on any atom is 0.311 e. The van der Waals surface area contributed by atoms with Crippen LogP contribution in [0.3, 0.4) is 0 Å². The number of hydrogen-bond donors (Lipinski definition) is 2. The molecule has 0 spiro atoms. The topological polar surface area (TPSA) is 122 Å². The van der Waals surface area contributed by atoms with Crippen molar-refractivity contribution in [1.82, 2.24) is 14.8 Å². The molecule has 1 aromatic carbocycles. The Morgan fingerprint density at radius 3 is 2.92 bits per heavy atom. The molecule has 0 aliphatic rings. The van der Waals surface area contributed by atoms with Crippen LogP contribution in [0.15, 0.2) is 52.3 Å². The Labute approximate surface area is 148 Å². The standard InChI is InChI=1S/C15H10BrN5O4/c16-10-2-4-14-18-11(8-20(14)7-10)15(23)19-17-6-9-1-3-13(22)12(5-9)21(24)25/h1-8,22H,(H,19,23)/b17-6+. The van der Waals surface area contributed by atoms with Crippen LogP contribution in [-0.2, 0) is 0 Å². The summed E-state index contributed by atoms with van der Waals surface area (Å²) in [6.07, 6.45) is 4.55. The number of hydrazone groups is 1. The molecule has 0 radical (unpaired) electrons. The first-order chi connectivity index (χ1) is 11.9. The summed E-state index contributed by atoms with van der Waals surface area (Å²) in [5, 5.41) is 23.9. The fourth-order valence-corrected chi connectivity index (χ4v) is 2.42. The summed E-state index contributed by atoms with van der Waals surface area (Å²) in [5.74, 6) is -0.966. The molecule has 0 fully saturated rings. The number of phenolic OH excluding ortho intramolecular Hbond substituents is 1.